The molecule has 0 heterocycles. The van der Waals surface area contributed by atoms with E-state index in [-0.39, 0.29) is 11.7 Å². The predicted octanol–water partition coefficient (Wildman–Crippen LogP) is 5.70. The largest absolute Gasteiger partial charge is 0.418 e. The topological polar surface area (TPSA) is 12.0 Å². The van der Waals surface area contributed by atoms with E-state index in [1.807, 2.05) is 6.92 Å². The van der Waals surface area contributed by atoms with E-state index in [2.05, 4.69) is 35.1 Å². The maximum Gasteiger partial charge on any atom is 0.418 e. The van der Waals surface area contributed by atoms with Gasteiger partial charge < -0.3 is 5.32 Å². The highest BCUT2D eigenvalue weighted by atomic mass is 79.9. The summed E-state index contributed by atoms with van der Waals surface area (Å²) < 4.78 is 39.3. The van der Waals surface area contributed by atoms with Crippen molar-refractivity contribution in [2.45, 2.75) is 45.8 Å². The highest BCUT2D eigenvalue weighted by molar-refractivity contribution is 9.10. The molecule has 0 aliphatic rings. The minimum absolute atomic E-state index is 0.00495. The molecule has 0 saturated heterocycles. The fraction of sp³-hybridized carbons (Fsp3) is 0.571. The van der Waals surface area contributed by atoms with Gasteiger partial charge in [0, 0.05) is 16.2 Å². The smallest absolute Gasteiger partial charge is 0.382 e. The van der Waals surface area contributed by atoms with E-state index in [1.54, 1.807) is 0 Å². The summed E-state index contributed by atoms with van der Waals surface area (Å²) in [5, 5.41) is 2.97. The van der Waals surface area contributed by atoms with E-state index in [4.69, 9.17) is 0 Å². The number of hydrogen-bond acceptors (Lipinski definition) is 1. The highest BCUT2D eigenvalue weighted by Crippen LogP contribution is 2.36. The average Bonchev–Trinajstić information content (AvgIpc) is 2.26. The van der Waals surface area contributed by atoms with Gasteiger partial charge in [0.25, 0.3) is 0 Å². The first-order chi connectivity index (χ1) is 8.74. The number of anilines is 1. The Morgan fingerprint density at radius 1 is 1.26 bits per heavy atom. The van der Waals surface area contributed by atoms with Crippen molar-refractivity contribution in [2.24, 2.45) is 5.92 Å². The van der Waals surface area contributed by atoms with Crippen molar-refractivity contribution in [3.63, 3.8) is 0 Å². The zero-order valence-electron chi connectivity index (χ0n) is 11.3. The van der Waals surface area contributed by atoms with Crippen LogP contribution < -0.4 is 5.32 Å². The summed E-state index contributed by atoms with van der Waals surface area (Å²) in [6.45, 7) is 6.09. The summed E-state index contributed by atoms with van der Waals surface area (Å²) >= 11 is 3.21. The first kappa shape index (κ1) is 16.3. The van der Waals surface area contributed by atoms with Crippen LogP contribution in [0.5, 0.6) is 0 Å². The van der Waals surface area contributed by atoms with Crippen molar-refractivity contribution < 1.29 is 13.2 Å². The van der Waals surface area contributed by atoms with Crippen LogP contribution in [0.15, 0.2) is 22.7 Å². The summed E-state index contributed by atoms with van der Waals surface area (Å²) in [5.74, 6) is 0.490. The first-order valence-electron chi connectivity index (χ1n) is 6.37. The lowest BCUT2D eigenvalue weighted by Gasteiger charge is -2.21. The molecule has 0 spiro atoms. The molecule has 0 bridgehead atoms. The van der Waals surface area contributed by atoms with E-state index < -0.39 is 11.7 Å². The molecule has 0 aromatic heterocycles. The van der Waals surface area contributed by atoms with Crippen molar-refractivity contribution in [1.82, 2.24) is 0 Å². The summed E-state index contributed by atoms with van der Waals surface area (Å²) in [5.41, 5.74) is -0.482. The number of alkyl halides is 3. The Labute approximate surface area is 120 Å². The zero-order chi connectivity index (χ0) is 14.6. The molecule has 0 aliphatic carbocycles. The highest BCUT2D eigenvalue weighted by Gasteiger charge is 2.33. The van der Waals surface area contributed by atoms with Gasteiger partial charge in [-0.25, -0.2) is 0 Å². The quantitative estimate of drug-likeness (QED) is 0.726. The van der Waals surface area contributed by atoms with Gasteiger partial charge in [-0.1, -0.05) is 36.2 Å². The summed E-state index contributed by atoms with van der Waals surface area (Å²) in [6, 6.07) is 4.00. The standard InChI is InChI=1S/C14H19BrF3N/c1-4-9(2)7-10(3)19-13-8-11(15)5-6-12(13)14(16,17)18/h5-6,8-10,19H,4,7H2,1-3H3. The van der Waals surface area contributed by atoms with Crippen molar-refractivity contribution in [1.29, 1.82) is 0 Å². The van der Waals surface area contributed by atoms with Crippen LogP contribution in [0.1, 0.15) is 39.2 Å². The second-order valence-corrected chi connectivity index (χ2v) is 5.90. The van der Waals surface area contributed by atoms with Crippen molar-refractivity contribution in [3.05, 3.63) is 28.2 Å². The SMILES string of the molecule is CCC(C)CC(C)Nc1cc(Br)ccc1C(F)(F)F. The minimum Gasteiger partial charge on any atom is -0.382 e. The summed E-state index contributed by atoms with van der Waals surface area (Å²) in [4.78, 5) is 0. The van der Waals surface area contributed by atoms with Gasteiger partial charge in [0.2, 0.25) is 0 Å². The molecule has 0 fully saturated rings. The number of benzene rings is 1. The maximum absolute atomic E-state index is 12.9. The fourth-order valence-corrected chi connectivity index (χ4v) is 2.34. The normalized spacial score (nSPS) is 15.1. The Bertz CT molecular complexity index is 418. The molecular weight excluding hydrogens is 319 g/mol. The number of nitrogens with one attached hydrogen (secondary N) is 1. The Kier molecular flexibility index (Phi) is 5.71. The van der Waals surface area contributed by atoms with Crippen molar-refractivity contribution in [2.75, 3.05) is 5.32 Å². The van der Waals surface area contributed by atoms with Gasteiger partial charge in [0.15, 0.2) is 0 Å². The number of hydrogen-bond donors (Lipinski definition) is 1. The lowest BCUT2D eigenvalue weighted by Crippen LogP contribution is -2.21. The third-order valence-corrected chi connectivity index (χ3v) is 3.64. The molecule has 0 amide bonds. The van der Waals surface area contributed by atoms with Gasteiger partial charge in [-0.3, -0.25) is 0 Å². The van der Waals surface area contributed by atoms with Crippen LogP contribution in [-0.4, -0.2) is 6.04 Å². The Hall–Kier alpha value is -0.710. The molecular formula is C14H19BrF3N. The minimum atomic E-state index is -4.33. The van der Waals surface area contributed by atoms with Crippen LogP contribution in [0.25, 0.3) is 0 Å². The van der Waals surface area contributed by atoms with E-state index >= 15 is 0 Å². The molecule has 0 radical (unpaired) electrons. The summed E-state index contributed by atoms with van der Waals surface area (Å²) in [6.07, 6.45) is -2.46. The van der Waals surface area contributed by atoms with Gasteiger partial charge in [0.05, 0.1) is 5.56 Å². The van der Waals surface area contributed by atoms with Crippen LogP contribution >= 0.6 is 15.9 Å². The van der Waals surface area contributed by atoms with E-state index in [0.29, 0.717) is 10.4 Å². The molecule has 1 aromatic rings. The van der Waals surface area contributed by atoms with Gasteiger partial charge in [0.1, 0.15) is 0 Å². The lowest BCUT2D eigenvalue weighted by molar-refractivity contribution is -0.137. The van der Waals surface area contributed by atoms with Crippen molar-refractivity contribution >= 4 is 21.6 Å². The maximum atomic E-state index is 12.9. The monoisotopic (exact) mass is 337 g/mol. The van der Waals surface area contributed by atoms with Crippen LogP contribution in [0.3, 0.4) is 0 Å². The molecule has 1 aromatic carbocycles. The van der Waals surface area contributed by atoms with Gasteiger partial charge >= 0.3 is 6.18 Å². The first-order valence-corrected chi connectivity index (χ1v) is 7.16. The molecule has 5 heteroatoms. The second kappa shape index (κ2) is 6.64. The van der Waals surface area contributed by atoms with Crippen molar-refractivity contribution in [3.8, 4) is 0 Å². The lowest BCUT2D eigenvalue weighted by atomic mass is 10.00. The van der Waals surface area contributed by atoms with Crippen LogP contribution in [-0.2, 0) is 6.18 Å². The predicted molar refractivity (Wildman–Crippen MR) is 76.3 cm³/mol. The Balaban J connectivity index is 2.90. The molecule has 108 valence electrons. The fourth-order valence-electron chi connectivity index (χ4n) is 1.98. The molecule has 2 atom stereocenters. The van der Waals surface area contributed by atoms with Gasteiger partial charge in [-0.15, -0.1) is 0 Å². The Morgan fingerprint density at radius 3 is 2.42 bits per heavy atom. The van der Waals surface area contributed by atoms with E-state index in [9.17, 15) is 13.2 Å². The number of halogens is 4. The molecule has 2 unspecified atom stereocenters. The summed E-state index contributed by atoms with van der Waals surface area (Å²) in [7, 11) is 0. The molecule has 0 saturated carbocycles. The van der Waals surface area contributed by atoms with Gasteiger partial charge in [-0.2, -0.15) is 13.2 Å². The molecule has 19 heavy (non-hydrogen) atoms. The van der Waals surface area contributed by atoms with Crippen LogP contribution in [0, 0.1) is 5.92 Å². The molecule has 0 aliphatic heterocycles. The molecule has 1 N–H and O–H groups in total. The van der Waals surface area contributed by atoms with Crippen LogP contribution in [0.2, 0.25) is 0 Å². The number of rotatable bonds is 5. The zero-order valence-corrected chi connectivity index (χ0v) is 12.9. The molecule has 1 nitrogen and oxygen atoms in total. The average molecular weight is 338 g/mol. The van der Waals surface area contributed by atoms with Crippen LogP contribution in [0.4, 0.5) is 18.9 Å². The second-order valence-electron chi connectivity index (χ2n) is 4.98. The Morgan fingerprint density at radius 2 is 1.89 bits per heavy atom. The van der Waals surface area contributed by atoms with E-state index in [1.165, 1.54) is 12.1 Å². The molecule has 1 rings (SSSR count). The third kappa shape index (κ3) is 5.05. The third-order valence-electron chi connectivity index (χ3n) is 3.14. The van der Waals surface area contributed by atoms with E-state index in [0.717, 1.165) is 18.9 Å². The van der Waals surface area contributed by atoms with Gasteiger partial charge in [-0.05, 0) is 37.5 Å².